The van der Waals surface area contributed by atoms with E-state index < -0.39 is 17.5 Å². The van der Waals surface area contributed by atoms with Gasteiger partial charge in [-0.15, -0.1) is 0 Å². The van der Waals surface area contributed by atoms with Gasteiger partial charge < -0.3 is 9.30 Å². The van der Waals surface area contributed by atoms with Crippen LogP contribution in [-0.4, -0.2) is 41.0 Å². The number of nitrogens with zero attached hydrogens (tertiary/aromatic N) is 6. The van der Waals surface area contributed by atoms with E-state index in [-0.39, 0.29) is 29.2 Å². The molecule has 2 atom stereocenters. The number of carbonyl (C=O) groups is 1. The van der Waals surface area contributed by atoms with Crippen LogP contribution in [0.4, 0.5) is 13.2 Å². The number of rotatable bonds is 2. The summed E-state index contributed by atoms with van der Waals surface area (Å²) in [5.41, 5.74) is 3.90. The van der Waals surface area contributed by atoms with Crippen LogP contribution in [0.2, 0.25) is 0 Å². The number of imidazole rings is 1. The van der Waals surface area contributed by atoms with Crippen LogP contribution < -0.4 is 0 Å². The number of aromatic nitrogens is 5. The molecular weight excluding hydrogens is 445 g/mol. The van der Waals surface area contributed by atoms with Gasteiger partial charge in [0.15, 0.2) is 28.8 Å². The number of carbonyl (C=O) groups excluding carboxylic acids is 1. The van der Waals surface area contributed by atoms with E-state index in [1.165, 1.54) is 0 Å². The normalized spacial score (nSPS) is 19.5. The molecule has 2 aliphatic rings. The quantitative estimate of drug-likeness (QED) is 0.417. The largest absolute Gasteiger partial charge is 0.325 e. The molecule has 0 saturated carbocycles. The van der Waals surface area contributed by atoms with Gasteiger partial charge in [0.05, 0.1) is 23.1 Å². The van der Waals surface area contributed by atoms with Crippen molar-refractivity contribution in [2.45, 2.75) is 44.7 Å². The van der Waals surface area contributed by atoms with Crippen molar-refractivity contribution in [2.24, 2.45) is 7.05 Å². The lowest BCUT2D eigenvalue weighted by molar-refractivity contribution is 0.0387. The fourth-order valence-electron chi connectivity index (χ4n) is 5.52. The molecule has 1 saturated heterocycles. The van der Waals surface area contributed by atoms with E-state index in [2.05, 4.69) is 15.1 Å². The van der Waals surface area contributed by atoms with E-state index in [1.807, 2.05) is 18.0 Å². The second-order valence-electron chi connectivity index (χ2n) is 9.00. The van der Waals surface area contributed by atoms with Gasteiger partial charge in [-0.3, -0.25) is 9.48 Å². The third-order valence-corrected chi connectivity index (χ3v) is 6.87. The Labute approximate surface area is 192 Å². The number of benzene rings is 1. The fraction of sp³-hybridized carbons (Fsp3) is 0.333. The predicted molar refractivity (Wildman–Crippen MR) is 116 cm³/mol. The lowest BCUT2D eigenvalue weighted by atomic mass is 9.81. The fourth-order valence-corrected chi connectivity index (χ4v) is 5.52. The monoisotopic (exact) mass is 466 g/mol. The molecule has 0 unspecified atom stereocenters. The maximum Gasteiger partial charge on any atom is 0.277 e. The lowest BCUT2D eigenvalue weighted by Crippen LogP contribution is -2.50. The standard InChI is InChI=1S/C24H21F3N6O/c1-12-11-32-7-6-28-21(23(32)29-12)24(34)33-14-4-3-5-18(33)20-15(10-14)22(31(2)30-20)13-8-16(25)19(27)17(26)9-13/h6-9,11,14,18H,3-5,10H2,1-2H3/t14-,18+/m1/s1. The van der Waals surface area contributed by atoms with Crippen molar-refractivity contribution in [1.82, 2.24) is 29.0 Å². The summed E-state index contributed by atoms with van der Waals surface area (Å²) in [6.45, 7) is 1.86. The molecule has 0 aliphatic carbocycles. The summed E-state index contributed by atoms with van der Waals surface area (Å²) in [4.78, 5) is 24.5. The predicted octanol–water partition coefficient (Wildman–Crippen LogP) is 4.15. The number of piperidine rings is 1. The van der Waals surface area contributed by atoms with Gasteiger partial charge in [0, 0.05) is 42.8 Å². The minimum Gasteiger partial charge on any atom is -0.325 e. The van der Waals surface area contributed by atoms with E-state index in [1.54, 1.807) is 28.5 Å². The molecule has 4 aromatic rings. The van der Waals surface area contributed by atoms with Crippen LogP contribution in [0, 0.1) is 24.4 Å². The number of aryl methyl sites for hydroxylation is 2. The summed E-state index contributed by atoms with van der Waals surface area (Å²) in [6, 6.07) is 1.58. The second kappa shape index (κ2) is 7.41. The van der Waals surface area contributed by atoms with Gasteiger partial charge in [-0.05, 0) is 44.7 Å². The highest BCUT2D eigenvalue weighted by Crippen LogP contribution is 2.45. The maximum absolute atomic E-state index is 14.0. The maximum atomic E-state index is 14.0. The van der Waals surface area contributed by atoms with Crippen molar-refractivity contribution in [3.8, 4) is 11.3 Å². The van der Waals surface area contributed by atoms with E-state index in [0.717, 1.165) is 36.2 Å². The zero-order valence-corrected chi connectivity index (χ0v) is 18.6. The smallest absolute Gasteiger partial charge is 0.277 e. The highest BCUT2D eigenvalue weighted by molar-refractivity contribution is 5.98. The zero-order valence-electron chi connectivity index (χ0n) is 18.6. The summed E-state index contributed by atoms with van der Waals surface area (Å²) >= 11 is 0. The molecule has 10 heteroatoms. The Morgan fingerprint density at radius 3 is 2.68 bits per heavy atom. The average Bonchev–Trinajstić information content (AvgIpc) is 3.34. The molecule has 0 N–H and O–H groups in total. The molecule has 2 aliphatic heterocycles. The number of hydrogen-bond acceptors (Lipinski definition) is 4. The van der Waals surface area contributed by atoms with Crippen LogP contribution in [0.1, 0.15) is 52.7 Å². The Kier molecular flexibility index (Phi) is 4.55. The summed E-state index contributed by atoms with van der Waals surface area (Å²) < 4.78 is 44.9. The topological polar surface area (TPSA) is 68.3 Å². The molecule has 1 fully saturated rings. The van der Waals surface area contributed by atoms with Gasteiger partial charge in [-0.25, -0.2) is 23.1 Å². The van der Waals surface area contributed by atoms with Gasteiger partial charge in [0.2, 0.25) is 0 Å². The van der Waals surface area contributed by atoms with Gasteiger partial charge in [-0.2, -0.15) is 5.10 Å². The number of amides is 1. The Morgan fingerprint density at radius 2 is 1.91 bits per heavy atom. The Bertz CT molecular complexity index is 1450. The molecule has 34 heavy (non-hydrogen) atoms. The summed E-state index contributed by atoms with van der Waals surface area (Å²) in [6.07, 6.45) is 8.11. The first-order chi connectivity index (χ1) is 16.3. The average molecular weight is 466 g/mol. The third kappa shape index (κ3) is 2.97. The molecular formula is C24H21F3N6O. The highest BCUT2D eigenvalue weighted by Gasteiger charge is 2.44. The minimum atomic E-state index is -1.50. The number of hydrogen-bond donors (Lipinski definition) is 0. The molecule has 6 rings (SSSR count). The van der Waals surface area contributed by atoms with Crippen LogP contribution >= 0.6 is 0 Å². The van der Waals surface area contributed by atoms with E-state index >= 15 is 0 Å². The first kappa shape index (κ1) is 20.9. The van der Waals surface area contributed by atoms with Crippen molar-refractivity contribution in [3.63, 3.8) is 0 Å². The van der Waals surface area contributed by atoms with Gasteiger partial charge in [0.25, 0.3) is 5.91 Å². The first-order valence-electron chi connectivity index (χ1n) is 11.2. The van der Waals surface area contributed by atoms with Crippen LogP contribution in [0.25, 0.3) is 16.9 Å². The van der Waals surface area contributed by atoms with Crippen molar-refractivity contribution >= 4 is 11.6 Å². The van der Waals surface area contributed by atoms with E-state index in [0.29, 0.717) is 29.9 Å². The van der Waals surface area contributed by atoms with Gasteiger partial charge in [-0.1, -0.05) is 0 Å². The molecule has 1 aromatic carbocycles. The molecule has 7 nitrogen and oxygen atoms in total. The van der Waals surface area contributed by atoms with Crippen molar-refractivity contribution in [3.05, 3.63) is 70.8 Å². The van der Waals surface area contributed by atoms with Gasteiger partial charge >= 0.3 is 0 Å². The third-order valence-electron chi connectivity index (χ3n) is 6.87. The minimum absolute atomic E-state index is 0.116. The molecule has 174 valence electrons. The molecule has 0 spiro atoms. The van der Waals surface area contributed by atoms with Gasteiger partial charge in [0.1, 0.15) is 0 Å². The van der Waals surface area contributed by atoms with Crippen LogP contribution in [-0.2, 0) is 13.5 Å². The Morgan fingerprint density at radius 1 is 1.15 bits per heavy atom. The van der Waals surface area contributed by atoms with E-state index in [9.17, 15) is 18.0 Å². The highest BCUT2D eigenvalue weighted by atomic mass is 19.2. The molecule has 1 amide bonds. The second-order valence-corrected chi connectivity index (χ2v) is 9.00. The molecule has 5 heterocycles. The first-order valence-corrected chi connectivity index (χ1v) is 11.2. The molecule has 0 radical (unpaired) electrons. The summed E-state index contributed by atoms with van der Waals surface area (Å²) in [5.74, 6) is -4.19. The van der Waals surface area contributed by atoms with E-state index in [4.69, 9.17) is 0 Å². The summed E-state index contributed by atoms with van der Waals surface area (Å²) in [5, 5.41) is 4.67. The Hall–Kier alpha value is -3.69. The molecule has 2 bridgehead atoms. The van der Waals surface area contributed by atoms with Crippen LogP contribution in [0.3, 0.4) is 0 Å². The van der Waals surface area contributed by atoms with Crippen molar-refractivity contribution in [2.75, 3.05) is 0 Å². The molecule has 3 aromatic heterocycles. The van der Waals surface area contributed by atoms with Crippen LogP contribution in [0.15, 0.2) is 30.7 Å². The Balaban J connectivity index is 1.45. The lowest BCUT2D eigenvalue weighted by Gasteiger charge is -2.45. The number of halogens is 3. The SMILES string of the molecule is Cc1cn2ccnc(C(=O)N3[C@@H]4CCC[C@H]3c3nn(C)c(-c5cc(F)c(F)c(F)c5)c3C4)c2n1. The van der Waals surface area contributed by atoms with Crippen molar-refractivity contribution < 1.29 is 18.0 Å². The number of fused-ring (bicyclic) bond motifs is 5. The zero-order chi connectivity index (χ0) is 23.7. The summed E-state index contributed by atoms with van der Waals surface area (Å²) in [7, 11) is 1.69. The van der Waals surface area contributed by atoms with Crippen molar-refractivity contribution in [1.29, 1.82) is 0 Å². The van der Waals surface area contributed by atoms with Crippen LogP contribution in [0.5, 0.6) is 0 Å².